The molecule has 0 saturated carbocycles. The van der Waals surface area contributed by atoms with Crippen molar-refractivity contribution in [1.82, 2.24) is 4.98 Å². The molecule has 1 N–H and O–H groups in total. The Balaban J connectivity index is 2.40. The van der Waals surface area contributed by atoms with Crippen molar-refractivity contribution in [2.75, 3.05) is 13.7 Å². The van der Waals surface area contributed by atoms with E-state index in [2.05, 4.69) is 11.1 Å². The Labute approximate surface area is 113 Å². The number of hydrogen-bond acceptors (Lipinski definition) is 3. The van der Waals surface area contributed by atoms with Gasteiger partial charge in [0.2, 0.25) is 0 Å². The van der Waals surface area contributed by atoms with Crippen molar-refractivity contribution in [2.45, 2.75) is 19.8 Å². The third-order valence-electron chi connectivity index (χ3n) is 3.15. The number of aliphatic hydroxyl groups excluding tert-OH is 1. The summed E-state index contributed by atoms with van der Waals surface area (Å²) >= 11 is 0. The summed E-state index contributed by atoms with van der Waals surface area (Å²) < 4.78 is 5.15. The molecule has 1 aromatic heterocycles. The Morgan fingerprint density at radius 3 is 2.47 bits per heavy atom. The van der Waals surface area contributed by atoms with Crippen LogP contribution in [0.5, 0.6) is 5.75 Å². The summed E-state index contributed by atoms with van der Waals surface area (Å²) in [5.41, 5.74) is 4.05. The largest absolute Gasteiger partial charge is 0.497 e. The highest BCUT2D eigenvalue weighted by Gasteiger charge is 2.09. The molecule has 0 aliphatic heterocycles. The van der Waals surface area contributed by atoms with Crippen molar-refractivity contribution < 1.29 is 9.84 Å². The fraction of sp³-hybridized carbons (Fsp3) is 0.312. The fourth-order valence-corrected chi connectivity index (χ4v) is 1.95. The Morgan fingerprint density at radius 2 is 1.89 bits per heavy atom. The number of pyridine rings is 1. The van der Waals surface area contributed by atoms with Crippen molar-refractivity contribution in [1.29, 1.82) is 0 Å². The van der Waals surface area contributed by atoms with Crippen LogP contribution in [0.25, 0.3) is 11.3 Å². The van der Waals surface area contributed by atoms with Gasteiger partial charge in [0.05, 0.1) is 19.4 Å². The minimum atomic E-state index is 0.0527. The van der Waals surface area contributed by atoms with Gasteiger partial charge in [0.1, 0.15) is 5.75 Å². The van der Waals surface area contributed by atoms with Crippen molar-refractivity contribution in [2.24, 2.45) is 0 Å². The molecule has 0 aliphatic rings. The first-order valence-corrected chi connectivity index (χ1v) is 6.38. The maximum absolute atomic E-state index is 9.25. The van der Waals surface area contributed by atoms with E-state index in [1.807, 2.05) is 44.2 Å². The zero-order valence-corrected chi connectivity index (χ0v) is 11.6. The number of hydrogen-bond donors (Lipinski definition) is 1. The molecule has 0 saturated heterocycles. The summed E-state index contributed by atoms with van der Waals surface area (Å²) in [6, 6.07) is 11.9. The van der Waals surface area contributed by atoms with E-state index in [1.165, 1.54) is 0 Å². The van der Waals surface area contributed by atoms with E-state index >= 15 is 0 Å². The molecule has 1 aromatic carbocycles. The molecule has 2 aromatic rings. The topological polar surface area (TPSA) is 42.4 Å². The number of aliphatic hydroxyl groups is 1. The van der Waals surface area contributed by atoms with Gasteiger partial charge in [0.15, 0.2) is 0 Å². The molecular formula is C16H19NO2. The number of aromatic nitrogens is 1. The van der Waals surface area contributed by atoms with E-state index in [0.717, 1.165) is 28.3 Å². The molecule has 1 heterocycles. The SMILES string of the molecule is COc1ccc(-c2cc(C)cc([C@@H](C)CO)n2)cc1. The number of methoxy groups -OCH3 is 1. The molecule has 0 spiro atoms. The number of ether oxygens (including phenoxy) is 1. The first-order valence-electron chi connectivity index (χ1n) is 6.38. The number of nitrogens with zero attached hydrogens (tertiary/aromatic N) is 1. The lowest BCUT2D eigenvalue weighted by atomic mass is 10.0. The highest BCUT2D eigenvalue weighted by atomic mass is 16.5. The second-order valence-corrected chi connectivity index (χ2v) is 4.77. The van der Waals surface area contributed by atoms with Gasteiger partial charge in [-0.2, -0.15) is 0 Å². The van der Waals surface area contributed by atoms with Gasteiger partial charge in [-0.25, -0.2) is 0 Å². The van der Waals surface area contributed by atoms with E-state index in [0.29, 0.717) is 0 Å². The lowest BCUT2D eigenvalue weighted by Gasteiger charge is -2.11. The third kappa shape index (κ3) is 3.12. The van der Waals surface area contributed by atoms with Gasteiger partial charge >= 0.3 is 0 Å². The summed E-state index contributed by atoms with van der Waals surface area (Å²) in [6.45, 7) is 4.13. The van der Waals surface area contributed by atoms with Crippen LogP contribution in [0.3, 0.4) is 0 Å². The molecule has 2 rings (SSSR count). The molecule has 0 fully saturated rings. The van der Waals surface area contributed by atoms with Crippen LogP contribution in [0, 0.1) is 6.92 Å². The van der Waals surface area contributed by atoms with Gasteiger partial charge in [-0.1, -0.05) is 6.92 Å². The van der Waals surface area contributed by atoms with E-state index in [-0.39, 0.29) is 12.5 Å². The van der Waals surface area contributed by atoms with Gasteiger partial charge in [0, 0.05) is 17.2 Å². The van der Waals surface area contributed by atoms with Gasteiger partial charge in [-0.15, -0.1) is 0 Å². The third-order valence-corrected chi connectivity index (χ3v) is 3.15. The van der Waals surface area contributed by atoms with Crippen LogP contribution in [0.15, 0.2) is 36.4 Å². The fourth-order valence-electron chi connectivity index (χ4n) is 1.95. The lowest BCUT2D eigenvalue weighted by Crippen LogP contribution is -2.03. The van der Waals surface area contributed by atoms with Crippen LogP contribution in [-0.2, 0) is 0 Å². The molecule has 0 amide bonds. The average Bonchev–Trinajstić information content (AvgIpc) is 2.45. The first kappa shape index (κ1) is 13.6. The van der Waals surface area contributed by atoms with E-state index < -0.39 is 0 Å². The van der Waals surface area contributed by atoms with Gasteiger partial charge < -0.3 is 9.84 Å². The standard InChI is InChI=1S/C16H19NO2/c1-11-8-15(12(2)10-18)17-16(9-11)13-4-6-14(19-3)7-5-13/h4-9,12,18H,10H2,1-3H3/t12-/m0/s1. The van der Waals surface area contributed by atoms with Crippen LogP contribution in [0.4, 0.5) is 0 Å². The molecule has 0 unspecified atom stereocenters. The highest BCUT2D eigenvalue weighted by molar-refractivity contribution is 5.61. The van der Waals surface area contributed by atoms with Crippen LogP contribution in [0.1, 0.15) is 24.1 Å². The monoisotopic (exact) mass is 257 g/mol. The van der Waals surface area contributed by atoms with E-state index in [4.69, 9.17) is 4.74 Å². The van der Waals surface area contributed by atoms with Crippen LogP contribution >= 0.6 is 0 Å². The second kappa shape index (κ2) is 5.85. The van der Waals surface area contributed by atoms with Crippen molar-refractivity contribution in [3.63, 3.8) is 0 Å². The number of rotatable bonds is 4. The summed E-state index contributed by atoms with van der Waals surface area (Å²) in [5.74, 6) is 0.886. The van der Waals surface area contributed by atoms with Gasteiger partial charge in [-0.3, -0.25) is 4.98 Å². The molecular weight excluding hydrogens is 238 g/mol. The zero-order valence-electron chi connectivity index (χ0n) is 11.6. The number of benzene rings is 1. The molecule has 1 atom stereocenters. The normalized spacial score (nSPS) is 12.2. The summed E-state index contributed by atoms with van der Waals surface area (Å²) in [4.78, 5) is 4.63. The van der Waals surface area contributed by atoms with Crippen LogP contribution in [0.2, 0.25) is 0 Å². The molecule has 3 nitrogen and oxygen atoms in total. The Hall–Kier alpha value is -1.87. The maximum Gasteiger partial charge on any atom is 0.118 e. The maximum atomic E-state index is 9.25. The molecule has 0 radical (unpaired) electrons. The van der Waals surface area contributed by atoms with Crippen molar-refractivity contribution in [3.8, 4) is 17.0 Å². The Bertz CT molecular complexity index is 549. The first-order chi connectivity index (χ1) is 9.13. The second-order valence-electron chi connectivity index (χ2n) is 4.77. The number of aryl methyl sites for hydroxylation is 1. The summed E-state index contributed by atoms with van der Waals surface area (Å²) in [5, 5.41) is 9.25. The Kier molecular flexibility index (Phi) is 4.17. The van der Waals surface area contributed by atoms with Crippen LogP contribution < -0.4 is 4.74 Å². The quantitative estimate of drug-likeness (QED) is 0.914. The lowest BCUT2D eigenvalue weighted by molar-refractivity contribution is 0.271. The summed E-state index contributed by atoms with van der Waals surface area (Å²) in [6.07, 6.45) is 0. The van der Waals surface area contributed by atoms with E-state index in [1.54, 1.807) is 7.11 Å². The molecule has 100 valence electrons. The van der Waals surface area contributed by atoms with Gasteiger partial charge in [0.25, 0.3) is 0 Å². The summed E-state index contributed by atoms with van der Waals surface area (Å²) in [7, 11) is 1.65. The zero-order chi connectivity index (χ0) is 13.8. The van der Waals surface area contributed by atoms with E-state index in [9.17, 15) is 5.11 Å². The average molecular weight is 257 g/mol. The predicted octanol–water partition coefficient (Wildman–Crippen LogP) is 3.16. The molecule has 0 aliphatic carbocycles. The molecule has 0 bridgehead atoms. The molecule has 3 heteroatoms. The van der Waals surface area contributed by atoms with Crippen molar-refractivity contribution >= 4 is 0 Å². The highest BCUT2D eigenvalue weighted by Crippen LogP contribution is 2.24. The predicted molar refractivity (Wildman–Crippen MR) is 76.5 cm³/mol. The Morgan fingerprint density at radius 1 is 1.21 bits per heavy atom. The smallest absolute Gasteiger partial charge is 0.118 e. The van der Waals surface area contributed by atoms with Crippen LogP contribution in [-0.4, -0.2) is 23.8 Å². The minimum absolute atomic E-state index is 0.0527. The molecule has 19 heavy (non-hydrogen) atoms. The van der Waals surface area contributed by atoms with Gasteiger partial charge in [-0.05, 0) is 48.9 Å². The van der Waals surface area contributed by atoms with Crippen molar-refractivity contribution in [3.05, 3.63) is 47.7 Å². The minimum Gasteiger partial charge on any atom is -0.497 e.